The number of aromatic nitrogens is 2. The maximum absolute atomic E-state index is 5.99. The van der Waals surface area contributed by atoms with E-state index in [1.54, 1.807) is 0 Å². The van der Waals surface area contributed by atoms with Gasteiger partial charge in [0.05, 0.1) is 6.54 Å². The minimum absolute atomic E-state index is 0.481. The van der Waals surface area contributed by atoms with Crippen molar-refractivity contribution in [3.8, 4) is 11.3 Å². The number of hydrogen-bond donors (Lipinski definition) is 2. The van der Waals surface area contributed by atoms with E-state index in [0.717, 1.165) is 54.9 Å². The Kier molecular flexibility index (Phi) is 7.70. The number of nitrogens with zero attached hydrogens (tertiary/aromatic N) is 4. The number of hydrogen-bond acceptors (Lipinski definition) is 6. The van der Waals surface area contributed by atoms with E-state index in [2.05, 4.69) is 40.3 Å². The van der Waals surface area contributed by atoms with E-state index >= 15 is 0 Å². The Morgan fingerprint density at radius 2 is 1.58 bits per heavy atom. The van der Waals surface area contributed by atoms with Crippen molar-refractivity contribution in [2.24, 2.45) is 11.8 Å². The third kappa shape index (κ3) is 6.16. The molecule has 2 aliphatic heterocycles. The van der Waals surface area contributed by atoms with E-state index in [0.29, 0.717) is 29.4 Å². The lowest BCUT2D eigenvalue weighted by Crippen LogP contribution is -2.37. The second-order valence-electron chi connectivity index (χ2n) is 10.2. The molecule has 0 unspecified atom stereocenters. The highest BCUT2D eigenvalue weighted by molar-refractivity contribution is 7.80. The van der Waals surface area contributed by atoms with Crippen molar-refractivity contribution < 1.29 is 4.42 Å². The van der Waals surface area contributed by atoms with Crippen LogP contribution >= 0.6 is 12.2 Å². The molecule has 7 nitrogen and oxygen atoms in total. The fraction of sp³-hybridized carbons (Fsp3) is 0.464. The van der Waals surface area contributed by atoms with Crippen LogP contribution in [0, 0.1) is 11.8 Å². The Bertz CT molecular complexity index is 1130. The topological polar surface area (TPSA) is 69.5 Å². The van der Waals surface area contributed by atoms with Crippen LogP contribution in [0.15, 0.2) is 52.9 Å². The predicted octanol–water partition coefficient (Wildman–Crippen LogP) is 5.70. The largest absolute Gasteiger partial charge is 0.459 e. The van der Waals surface area contributed by atoms with Crippen molar-refractivity contribution >= 4 is 34.9 Å². The van der Waals surface area contributed by atoms with Gasteiger partial charge in [-0.25, -0.2) is 0 Å². The van der Waals surface area contributed by atoms with E-state index in [4.69, 9.17) is 26.6 Å². The normalized spacial score (nSPS) is 20.3. The highest BCUT2D eigenvalue weighted by Crippen LogP contribution is 2.28. The molecule has 2 fully saturated rings. The summed E-state index contributed by atoms with van der Waals surface area (Å²) in [4.78, 5) is 14.5. The molecule has 0 saturated carbocycles. The molecule has 0 bridgehead atoms. The smallest absolute Gasteiger partial charge is 0.232 e. The molecule has 36 heavy (non-hydrogen) atoms. The van der Waals surface area contributed by atoms with Gasteiger partial charge in [0.2, 0.25) is 5.95 Å². The standard InChI is InChI=1S/C28H36N6OS/c1-20-8-6-14-33(18-20)25-16-26(34-15-7-9-21(2)19-34)31-27(30-25)32-28(36)29-17-23-12-13-24(35-23)22-10-4-3-5-11-22/h3-5,10-13,16,20-21H,6-9,14-15,17-19H2,1-2H3,(H2,29,30,31,32,36)/t20-,21+. The van der Waals surface area contributed by atoms with Crippen LogP contribution in [0.5, 0.6) is 0 Å². The van der Waals surface area contributed by atoms with Crippen LogP contribution in [0.25, 0.3) is 11.3 Å². The average Bonchev–Trinajstić information content (AvgIpc) is 3.37. The van der Waals surface area contributed by atoms with Crippen LogP contribution < -0.4 is 20.4 Å². The van der Waals surface area contributed by atoms with Gasteiger partial charge in [0.15, 0.2) is 5.11 Å². The Hall–Kier alpha value is -3.13. The lowest BCUT2D eigenvalue weighted by molar-refractivity contribution is 0.441. The van der Waals surface area contributed by atoms with Gasteiger partial charge in [-0.1, -0.05) is 44.2 Å². The zero-order valence-electron chi connectivity index (χ0n) is 21.2. The van der Waals surface area contributed by atoms with Crippen molar-refractivity contribution in [3.63, 3.8) is 0 Å². The number of nitrogens with one attached hydrogen (secondary N) is 2. The van der Waals surface area contributed by atoms with Crippen LogP contribution in [0.4, 0.5) is 17.6 Å². The number of furan rings is 1. The number of anilines is 3. The lowest BCUT2D eigenvalue weighted by atomic mass is 10.00. The Balaban J connectivity index is 1.28. The first-order chi connectivity index (χ1) is 17.5. The molecule has 4 heterocycles. The summed E-state index contributed by atoms with van der Waals surface area (Å²) in [7, 11) is 0. The molecule has 0 amide bonds. The van der Waals surface area contributed by atoms with Crippen molar-refractivity contribution in [2.75, 3.05) is 41.3 Å². The van der Waals surface area contributed by atoms with Gasteiger partial charge in [-0.05, 0) is 61.9 Å². The van der Waals surface area contributed by atoms with E-state index < -0.39 is 0 Å². The third-order valence-corrected chi connectivity index (χ3v) is 7.28. The van der Waals surface area contributed by atoms with Gasteiger partial charge in [-0.15, -0.1) is 0 Å². The maximum atomic E-state index is 5.99. The van der Waals surface area contributed by atoms with Crippen molar-refractivity contribution in [2.45, 2.75) is 46.1 Å². The SMILES string of the molecule is C[C@@H]1CCCN(c2cc(N3CCC[C@H](C)C3)nc(NC(=S)NCc3ccc(-c4ccccc4)o3)n2)C1. The first kappa shape index (κ1) is 24.6. The fourth-order valence-electron chi connectivity index (χ4n) is 5.14. The second kappa shape index (κ2) is 11.3. The molecule has 1 aromatic carbocycles. The first-order valence-electron chi connectivity index (χ1n) is 13.1. The van der Waals surface area contributed by atoms with Gasteiger partial charge in [-0.2, -0.15) is 9.97 Å². The van der Waals surface area contributed by atoms with Gasteiger partial charge in [-0.3, -0.25) is 0 Å². The molecule has 3 aromatic rings. The quantitative estimate of drug-likeness (QED) is 0.415. The summed E-state index contributed by atoms with van der Waals surface area (Å²) in [5.74, 6) is 5.50. The summed E-state index contributed by atoms with van der Waals surface area (Å²) in [6, 6.07) is 16.2. The highest BCUT2D eigenvalue weighted by atomic mass is 32.1. The minimum atomic E-state index is 0.481. The Morgan fingerprint density at radius 1 is 0.944 bits per heavy atom. The average molecular weight is 505 g/mol. The molecule has 2 atom stereocenters. The molecule has 2 aromatic heterocycles. The van der Waals surface area contributed by atoms with E-state index in [1.807, 2.05) is 42.5 Å². The first-order valence-corrected chi connectivity index (χ1v) is 13.5. The molecule has 0 spiro atoms. The van der Waals surface area contributed by atoms with E-state index in [1.165, 1.54) is 25.7 Å². The molecule has 2 aliphatic rings. The molecular weight excluding hydrogens is 468 g/mol. The fourth-order valence-corrected chi connectivity index (χ4v) is 5.30. The summed E-state index contributed by atoms with van der Waals surface area (Å²) in [6.07, 6.45) is 4.93. The Morgan fingerprint density at radius 3 is 2.19 bits per heavy atom. The van der Waals surface area contributed by atoms with Crippen LogP contribution in [0.2, 0.25) is 0 Å². The number of benzene rings is 1. The second-order valence-corrected chi connectivity index (χ2v) is 10.6. The summed E-state index contributed by atoms with van der Waals surface area (Å²) in [6.45, 7) is 9.23. The number of thiocarbonyl (C=S) groups is 1. The monoisotopic (exact) mass is 504 g/mol. The summed E-state index contributed by atoms with van der Waals surface area (Å²) >= 11 is 5.60. The summed E-state index contributed by atoms with van der Waals surface area (Å²) in [5, 5.41) is 6.96. The van der Waals surface area contributed by atoms with Crippen LogP contribution in [-0.4, -0.2) is 41.3 Å². The van der Waals surface area contributed by atoms with Crippen LogP contribution in [-0.2, 0) is 6.54 Å². The molecule has 0 aliphatic carbocycles. The zero-order chi connectivity index (χ0) is 24.9. The molecule has 8 heteroatoms. The maximum Gasteiger partial charge on any atom is 0.232 e. The molecule has 0 radical (unpaired) electrons. The van der Waals surface area contributed by atoms with Gasteiger partial charge in [0, 0.05) is 37.8 Å². The summed E-state index contributed by atoms with van der Waals surface area (Å²) in [5.41, 5.74) is 1.06. The molecular formula is C28H36N6OS. The Labute approximate surface area is 219 Å². The lowest BCUT2D eigenvalue weighted by Gasteiger charge is -2.35. The van der Waals surface area contributed by atoms with Gasteiger partial charge < -0.3 is 24.9 Å². The van der Waals surface area contributed by atoms with Crippen molar-refractivity contribution in [1.29, 1.82) is 0 Å². The molecule has 2 N–H and O–H groups in total. The zero-order valence-corrected chi connectivity index (χ0v) is 22.1. The van der Waals surface area contributed by atoms with E-state index in [9.17, 15) is 0 Å². The van der Waals surface area contributed by atoms with E-state index in [-0.39, 0.29) is 0 Å². The van der Waals surface area contributed by atoms with Gasteiger partial charge >= 0.3 is 0 Å². The van der Waals surface area contributed by atoms with Crippen molar-refractivity contribution in [3.05, 3.63) is 54.3 Å². The molecule has 5 rings (SSSR count). The number of rotatable bonds is 6. The third-order valence-electron chi connectivity index (χ3n) is 7.03. The van der Waals surface area contributed by atoms with Crippen molar-refractivity contribution in [1.82, 2.24) is 15.3 Å². The predicted molar refractivity (Wildman–Crippen MR) is 150 cm³/mol. The van der Waals surface area contributed by atoms with Gasteiger partial charge in [0.25, 0.3) is 0 Å². The number of piperidine rings is 2. The molecule has 190 valence electrons. The van der Waals surface area contributed by atoms with Crippen LogP contribution in [0.1, 0.15) is 45.3 Å². The minimum Gasteiger partial charge on any atom is -0.459 e. The van der Waals surface area contributed by atoms with Gasteiger partial charge in [0.1, 0.15) is 23.2 Å². The van der Waals surface area contributed by atoms with Crippen LogP contribution in [0.3, 0.4) is 0 Å². The highest BCUT2D eigenvalue weighted by Gasteiger charge is 2.23. The molecule has 2 saturated heterocycles. The summed E-state index contributed by atoms with van der Waals surface area (Å²) < 4.78 is 5.99.